The lowest BCUT2D eigenvalue weighted by molar-refractivity contribution is -0.115. The number of aromatic amines is 1. The molecule has 3 nitrogen and oxygen atoms in total. The van der Waals surface area contributed by atoms with Crippen molar-refractivity contribution in [3.63, 3.8) is 0 Å². The van der Waals surface area contributed by atoms with E-state index in [9.17, 15) is 9.59 Å². The van der Waals surface area contributed by atoms with Gasteiger partial charge in [-0.05, 0) is 18.1 Å². The van der Waals surface area contributed by atoms with E-state index in [-0.39, 0.29) is 11.6 Å². The Morgan fingerprint density at radius 2 is 2.00 bits per heavy atom. The monoisotopic (exact) mass is 199 g/mol. The molecule has 2 aromatic rings. The second kappa shape index (κ2) is 2.79. The molecule has 1 aromatic heterocycles. The highest BCUT2D eigenvalue weighted by molar-refractivity contribution is 6.46. The summed E-state index contributed by atoms with van der Waals surface area (Å²) >= 11 is 0. The summed E-state index contributed by atoms with van der Waals surface area (Å²) in [5.74, 6) is -0.627. The standard InChI is InChI=1S/C12H9NO2/c14-10-5-4-7-6-13-9-3-1-2-8(11(7)9)12(10)15/h1-3,6,13H,4-5H2. The first-order chi connectivity index (χ1) is 7.27. The summed E-state index contributed by atoms with van der Waals surface area (Å²) in [6.45, 7) is 0. The van der Waals surface area contributed by atoms with Crippen LogP contribution in [0.5, 0.6) is 0 Å². The van der Waals surface area contributed by atoms with Crippen LogP contribution >= 0.6 is 0 Å². The molecular weight excluding hydrogens is 190 g/mol. The minimum Gasteiger partial charge on any atom is -0.361 e. The fraction of sp³-hybridized carbons (Fsp3) is 0.167. The topological polar surface area (TPSA) is 49.9 Å². The van der Waals surface area contributed by atoms with Crippen LogP contribution in [0.4, 0.5) is 0 Å². The van der Waals surface area contributed by atoms with Gasteiger partial charge in [-0.2, -0.15) is 0 Å². The molecule has 15 heavy (non-hydrogen) atoms. The number of H-pyrrole nitrogens is 1. The van der Waals surface area contributed by atoms with Gasteiger partial charge in [-0.25, -0.2) is 0 Å². The maximum Gasteiger partial charge on any atom is 0.229 e. The predicted molar refractivity (Wildman–Crippen MR) is 56.0 cm³/mol. The molecule has 0 fully saturated rings. The van der Waals surface area contributed by atoms with Crippen molar-refractivity contribution in [1.82, 2.24) is 4.98 Å². The summed E-state index contributed by atoms with van der Waals surface area (Å²) < 4.78 is 0. The lowest BCUT2D eigenvalue weighted by Gasteiger charge is -1.98. The molecule has 1 aliphatic rings. The van der Waals surface area contributed by atoms with E-state index in [0.29, 0.717) is 18.4 Å². The minimum absolute atomic E-state index is 0.279. The van der Waals surface area contributed by atoms with Crippen LogP contribution in [0.1, 0.15) is 22.3 Å². The van der Waals surface area contributed by atoms with Crippen molar-refractivity contribution in [2.24, 2.45) is 0 Å². The first-order valence-electron chi connectivity index (χ1n) is 4.94. The van der Waals surface area contributed by atoms with Gasteiger partial charge in [0.2, 0.25) is 11.6 Å². The highest BCUT2D eigenvalue weighted by Crippen LogP contribution is 2.27. The molecule has 0 saturated carbocycles. The molecule has 0 atom stereocenters. The smallest absolute Gasteiger partial charge is 0.229 e. The molecule has 0 radical (unpaired) electrons. The number of carbonyl (C=O) groups excluding carboxylic acids is 2. The van der Waals surface area contributed by atoms with Crippen LogP contribution in [0.15, 0.2) is 24.4 Å². The second-order valence-corrected chi connectivity index (χ2v) is 3.79. The largest absolute Gasteiger partial charge is 0.361 e. The van der Waals surface area contributed by atoms with E-state index >= 15 is 0 Å². The maximum atomic E-state index is 11.8. The number of nitrogens with one attached hydrogen (secondary N) is 1. The third kappa shape index (κ3) is 1.06. The van der Waals surface area contributed by atoms with Crippen molar-refractivity contribution >= 4 is 22.5 Å². The van der Waals surface area contributed by atoms with Gasteiger partial charge in [0, 0.05) is 29.1 Å². The van der Waals surface area contributed by atoms with Crippen molar-refractivity contribution in [3.8, 4) is 0 Å². The van der Waals surface area contributed by atoms with E-state index in [1.54, 1.807) is 12.1 Å². The van der Waals surface area contributed by atoms with Crippen LogP contribution in [0.2, 0.25) is 0 Å². The molecule has 0 saturated heterocycles. The number of aryl methyl sites for hydroxylation is 1. The Morgan fingerprint density at radius 1 is 1.13 bits per heavy atom. The third-order valence-electron chi connectivity index (χ3n) is 2.91. The predicted octanol–water partition coefficient (Wildman–Crippen LogP) is 1.87. The highest BCUT2D eigenvalue weighted by atomic mass is 16.2. The number of ketones is 2. The van der Waals surface area contributed by atoms with Crippen LogP contribution in [0.25, 0.3) is 10.9 Å². The Bertz CT molecular complexity index is 580. The molecule has 0 bridgehead atoms. The Hall–Kier alpha value is -1.90. The molecule has 1 N–H and O–H groups in total. The van der Waals surface area contributed by atoms with Crippen molar-refractivity contribution in [3.05, 3.63) is 35.5 Å². The normalized spacial score (nSPS) is 15.7. The second-order valence-electron chi connectivity index (χ2n) is 3.79. The first-order valence-corrected chi connectivity index (χ1v) is 4.94. The molecule has 0 aliphatic heterocycles. The van der Waals surface area contributed by atoms with Gasteiger partial charge in [0.1, 0.15) is 0 Å². The van der Waals surface area contributed by atoms with Gasteiger partial charge in [-0.3, -0.25) is 9.59 Å². The van der Waals surface area contributed by atoms with E-state index in [4.69, 9.17) is 0 Å². The number of Topliss-reactive ketones (excluding diaryl/α,β-unsaturated/α-hetero) is 2. The Labute approximate surface area is 86.1 Å². The van der Waals surface area contributed by atoms with Crippen molar-refractivity contribution in [2.75, 3.05) is 0 Å². The van der Waals surface area contributed by atoms with Crippen LogP contribution in [-0.4, -0.2) is 16.6 Å². The molecule has 0 unspecified atom stereocenters. The zero-order valence-corrected chi connectivity index (χ0v) is 8.04. The number of benzene rings is 1. The number of carbonyl (C=O) groups is 2. The van der Waals surface area contributed by atoms with Gasteiger partial charge in [0.05, 0.1) is 0 Å². The molecule has 74 valence electrons. The molecule has 1 aromatic carbocycles. The van der Waals surface area contributed by atoms with Gasteiger partial charge < -0.3 is 4.98 Å². The molecule has 3 heteroatoms. The Balaban J connectivity index is 2.43. The lowest BCUT2D eigenvalue weighted by Crippen LogP contribution is -2.12. The minimum atomic E-state index is -0.348. The van der Waals surface area contributed by atoms with Gasteiger partial charge in [0.25, 0.3) is 0 Å². The molecule has 1 aliphatic carbocycles. The molecule has 0 spiro atoms. The van der Waals surface area contributed by atoms with Crippen LogP contribution in [0.3, 0.4) is 0 Å². The lowest BCUT2D eigenvalue weighted by atomic mass is 10.0. The maximum absolute atomic E-state index is 11.8. The van der Waals surface area contributed by atoms with E-state index in [1.165, 1.54) is 0 Å². The van der Waals surface area contributed by atoms with E-state index < -0.39 is 0 Å². The van der Waals surface area contributed by atoms with Crippen molar-refractivity contribution in [2.45, 2.75) is 12.8 Å². The van der Waals surface area contributed by atoms with Crippen molar-refractivity contribution < 1.29 is 9.59 Å². The zero-order chi connectivity index (χ0) is 10.4. The molecule has 0 amide bonds. The number of rotatable bonds is 0. The fourth-order valence-electron chi connectivity index (χ4n) is 2.15. The SMILES string of the molecule is O=C1CCc2c[nH]c3cccc(c23)C1=O. The van der Waals surface area contributed by atoms with Crippen LogP contribution in [0, 0.1) is 0 Å². The quantitative estimate of drug-likeness (QED) is 0.658. The van der Waals surface area contributed by atoms with Crippen molar-refractivity contribution in [1.29, 1.82) is 0 Å². The van der Waals surface area contributed by atoms with E-state index in [1.807, 2.05) is 12.3 Å². The first kappa shape index (κ1) is 8.41. The summed E-state index contributed by atoms with van der Waals surface area (Å²) in [7, 11) is 0. The number of hydrogen-bond donors (Lipinski definition) is 1. The highest BCUT2D eigenvalue weighted by Gasteiger charge is 2.24. The van der Waals surface area contributed by atoms with E-state index in [0.717, 1.165) is 16.5 Å². The van der Waals surface area contributed by atoms with Gasteiger partial charge in [-0.1, -0.05) is 12.1 Å². The Kier molecular flexibility index (Phi) is 1.57. The average molecular weight is 199 g/mol. The van der Waals surface area contributed by atoms with Crippen LogP contribution in [-0.2, 0) is 11.2 Å². The number of hydrogen-bond acceptors (Lipinski definition) is 2. The zero-order valence-electron chi connectivity index (χ0n) is 8.04. The summed E-state index contributed by atoms with van der Waals surface area (Å²) in [4.78, 5) is 26.3. The summed E-state index contributed by atoms with van der Waals surface area (Å²) in [6.07, 6.45) is 2.86. The average Bonchev–Trinajstić information content (AvgIpc) is 2.62. The van der Waals surface area contributed by atoms with Gasteiger partial charge >= 0.3 is 0 Å². The third-order valence-corrected chi connectivity index (χ3v) is 2.91. The van der Waals surface area contributed by atoms with Gasteiger partial charge in [-0.15, -0.1) is 0 Å². The molecular formula is C12H9NO2. The fourth-order valence-corrected chi connectivity index (χ4v) is 2.15. The molecule has 1 heterocycles. The summed E-state index contributed by atoms with van der Waals surface area (Å²) in [5, 5.41) is 0.924. The van der Waals surface area contributed by atoms with Crippen LogP contribution < -0.4 is 0 Å². The molecule has 3 rings (SSSR count). The van der Waals surface area contributed by atoms with E-state index in [2.05, 4.69) is 4.98 Å². The summed E-state index contributed by atoms with van der Waals surface area (Å²) in [6, 6.07) is 5.45. The van der Waals surface area contributed by atoms with Gasteiger partial charge in [0.15, 0.2) is 0 Å². The summed E-state index contributed by atoms with van der Waals surface area (Å²) in [5.41, 5.74) is 2.55. The Morgan fingerprint density at radius 3 is 2.87 bits per heavy atom. The number of aromatic nitrogens is 1.